The van der Waals surface area contributed by atoms with Gasteiger partial charge in [-0.25, -0.2) is 4.98 Å². The van der Waals surface area contributed by atoms with Crippen molar-refractivity contribution in [1.82, 2.24) is 4.98 Å². The van der Waals surface area contributed by atoms with Crippen LogP contribution < -0.4 is 10.5 Å². The van der Waals surface area contributed by atoms with Gasteiger partial charge >= 0.3 is 0 Å². The van der Waals surface area contributed by atoms with E-state index in [0.717, 1.165) is 18.7 Å². The summed E-state index contributed by atoms with van der Waals surface area (Å²) in [4.78, 5) is 4.24. The lowest BCUT2D eigenvalue weighted by atomic mass is 10.3. The molecule has 1 aliphatic heterocycles. The number of rotatable bonds is 2. The Hall–Kier alpha value is -1.29. The second kappa shape index (κ2) is 3.84. The van der Waals surface area contributed by atoms with Crippen molar-refractivity contribution in [3.8, 4) is 5.88 Å². The average molecular weight is 194 g/mol. The van der Waals surface area contributed by atoms with Gasteiger partial charge < -0.3 is 15.2 Å². The van der Waals surface area contributed by atoms with Gasteiger partial charge in [-0.15, -0.1) is 0 Å². The highest BCUT2D eigenvalue weighted by atomic mass is 16.5. The number of pyridine rings is 1. The van der Waals surface area contributed by atoms with E-state index in [2.05, 4.69) is 4.98 Å². The molecule has 1 atom stereocenters. The van der Waals surface area contributed by atoms with E-state index in [-0.39, 0.29) is 6.10 Å². The van der Waals surface area contributed by atoms with Crippen molar-refractivity contribution in [1.29, 1.82) is 0 Å². The quantitative estimate of drug-likeness (QED) is 0.767. The molecule has 0 spiro atoms. The van der Waals surface area contributed by atoms with Gasteiger partial charge in [-0.1, -0.05) is 0 Å². The van der Waals surface area contributed by atoms with Crippen LogP contribution in [0, 0.1) is 6.92 Å². The molecule has 1 aromatic heterocycles. The zero-order chi connectivity index (χ0) is 9.97. The highest BCUT2D eigenvalue weighted by Crippen LogP contribution is 2.17. The van der Waals surface area contributed by atoms with Crippen LogP contribution in [0.1, 0.15) is 12.1 Å². The molecule has 1 saturated heterocycles. The lowest BCUT2D eigenvalue weighted by molar-refractivity contribution is 0.138. The van der Waals surface area contributed by atoms with E-state index >= 15 is 0 Å². The molecule has 0 amide bonds. The third-order valence-electron chi connectivity index (χ3n) is 2.13. The largest absolute Gasteiger partial charge is 0.472 e. The Morgan fingerprint density at radius 2 is 2.43 bits per heavy atom. The predicted octanol–water partition coefficient (Wildman–Crippen LogP) is 1.14. The molecule has 2 rings (SSSR count). The van der Waals surface area contributed by atoms with E-state index < -0.39 is 0 Å². The van der Waals surface area contributed by atoms with Crippen LogP contribution in [-0.2, 0) is 4.74 Å². The highest BCUT2D eigenvalue weighted by Gasteiger charge is 2.17. The van der Waals surface area contributed by atoms with E-state index in [1.54, 1.807) is 6.07 Å². The number of nitrogens with zero attached hydrogens (tertiary/aromatic N) is 1. The van der Waals surface area contributed by atoms with Gasteiger partial charge in [0.1, 0.15) is 6.10 Å². The van der Waals surface area contributed by atoms with Crippen LogP contribution in [0.4, 0.5) is 5.69 Å². The molecule has 4 heteroatoms. The number of nitrogen functional groups attached to an aromatic ring is 1. The summed E-state index contributed by atoms with van der Waals surface area (Å²) in [5, 5.41) is 0. The predicted molar refractivity (Wildman–Crippen MR) is 53.2 cm³/mol. The molecule has 0 aliphatic carbocycles. The van der Waals surface area contributed by atoms with Crippen molar-refractivity contribution in [3.05, 3.63) is 17.8 Å². The van der Waals surface area contributed by atoms with Gasteiger partial charge in [-0.3, -0.25) is 0 Å². The number of aromatic nitrogens is 1. The third-order valence-corrected chi connectivity index (χ3v) is 2.13. The first-order valence-electron chi connectivity index (χ1n) is 4.72. The molecule has 4 nitrogen and oxygen atoms in total. The van der Waals surface area contributed by atoms with Gasteiger partial charge in [0.25, 0.3) is 0 Å². The summed E-state index contributed by atoms with van der Waals surface area (Å²) in [6.07, 6.45) is 1.05. The van der Waals surface area contributed by atoms with Crippen LogP contribution in [0.5, 0.6) is 5.88 Å². The highest BCUT2D eigenvalue weighted by molar-refractivity contribution is 5.42. The van der Waals surface area contributed by atoms with Crippen molar-refractivity contribution < 1.29 is 9.47 Å². The summed E-state index contributed by atoms with van der Waals surface area (Å²) in [6, 6.07) is 3.56. The molecule has 76 valence electrons. The fourth-order valence-electron chi connectivity index (χ4n) is 1.50. The molecule has 0 radical (unpaired) electrons. The molecule has 1 fully saturated rings. The van der Waals surface area contributed by atoms with E-state index in [4.69, 9.17) is 15.2 Å². The summed E-state index contributed by atoms with van der Waals surface area (Å²) < 4.78 is 10.8. The van der Waals surface area contributed by atoms with Gasteiger partial charge in [0, 0.05) is 23.9 Å². The van der Waals surface area contributed by atoms with Crippen LogP contribution in [0.2, 0.25) is 0 Å². The minimum atomic E-state index is 0.128. The van der Waals surface area contributed by atoms with Gasteiger partial charge in [0.05, 0.1) is 13.2 Å². The number of nitrogens with two attached hydrogens (primary N) is 1. The summed E-state index contributed by atoms with van der Waals surface area (Å²) in [5.41, 5.74) is 7.24. The lowest BCUT2D eigenvalue weighted by Crippen LogP contribution is -2.16. The second-order valence-corrected chi connectivity index (χ2v) is 3.48. The number of hydrogen-bond donors (Lipinski definition) is 1. The Balaban J connectivity index is 2.07. The average Bonchev–Trinajstić information content (AvgIpc) is 2.54. The van der Waals surface area contributed by atoms with Gasteiger partial charge in [-0.2, -0.15) is 0 Å². The number of ether oxygens (including phenoxy) is 2. The molecule has 1 aromatic rings. The van der Waals surface area contributed by atoms with Gasteiger partial charge in [-0.05, 0) is 13.0 Å². The summed E-state index contributed by atoms with van der Waals surface area (Å²) >= 11 is 0. The normalized spacial score (nSPS) is 21.1. The van der Waals surface area contributed by atoms with Gasteiger partial charge in [0.2, 0.25) is 5.88 Å². The number of aryl methyl sites for hydroxylation is 1. The molecule has 1 aliphatic rings. The van der Waals surface area contributed by atoms with Crippen LogP contribution in [0.25, 0.3) is 0 Å². The second-order valence-electron chi connectivity index (χ2n) is 3.48. The first-order valence-corrected chi connectivity index (χ1v) is 4.72. The minimum Gasteiger partial charge on any atom is -0.472 e. The molecular formula is C10H14N2O2. The maximum Gasteiger partial charge on any atom is 0.215 e. The number of anilines is 1. The molecule has 1 unspecified atom stereocenters. The summed E-state index contributed by atoms with van der Waals surface area (Å²) in [7, 11) is 0. The van der Waals surface area contributed by atoms with Gasteiger partial charge in [0.15, 0.2) is 0 Å². The molecule has 0 aromatic carbocycles. The zero-order valence-corrected chi connectivity index (χ0v) is 8.19. The molecule has 2 heterocycles. The fourth-order valence-corrected chi connectivity index (χ4v) is 1.50. The van der Waals surface area contributed by atoms with Crippen molar-refractivity contribution in [2.24, 2.45) is 0 Å². The Labute approximate surface area is 83.0 Å². The Kier molecular flexibility index (Phi) is 2.54. The van der Waals surface area contributed by atoms with E-state index in [0.29, 0.717) is 18.2 Å². The summed E-state index contributed by atoms with van der Waals surface area (Å²) in [5.74, 6) is 0.595. The van der Waals surface area contributed by atoms with E-state index in [9.17, 15) is 0 Å². The summed E-state index contributed by atoms with van der Waals surface area (Å²) in [6.45, 7) is 3.32. The molecular weight excluding hydrogens is 180 g/mol. The molecule has 0 saturated carbocycles. The Morgan fingerprint density at radius 3 is 3.07 bits per heavy atom. The number of hydrogen-bond acceptors (Lipinski definition) is 4. The third kappa shape index (κ3) is 2.14. The van der Waals surface area contributed by atoms with Crippen LogP contribution >= 0.6 is 0 Å². The van der Waals surface area contributed by atoms with Crippen molar-refractivity contribution in [3.63, 3.8) is 0 Å². The lowest BCUT2D eigenvalue weighted by Gasteiger charge is -2.11. The smallest absolute Gasteiger partial charge is 0.215 e. The van der Waals surface area contributed by atoms with Crippen LogP contribution in [-0.4, -0.2) is 24.3 Å². The Morgan fingerprint density at radius 1 is 1.57 bits per heavy atom. The monoisotopic (exact) mass is 194 g/mol. The zero-order valence-electron chi connectivity index (χ0n) is 8.19. The van der Waals surface area contributed by atoms with E-state index in [1.165, 1.54) is 0 Å². The SMILES string of the molecule is Cc1cc(N)cc(OC2CCOC2)n1. The molecule has 14 heavy (non-hydrogen) atoms. The van der Waals surface area contributed by atoms with Crippen molar-refractivity contribution >= 4 is 5.69 Å². The molecule has 0 bridgehead atoms. The Bertz CT molecular complexity index is 302. The topological polar surface area (TPSA) is 57.4 Å². The van der Waals surface area contributed by atoms with E-state index in [1.807, 2.05) is 13.0 Å². The maximum absolute atomic E-state index is 5.68. The fraction of sp³-hybridized carbons (Fsp3) is 0.500. The minimum absolute atomic E-state index is 0.128. The molecule has 2 N–H and O–H groups in total. The van der Waals surface area contributed by atoms with Crippen molar-refractivity contribution in [2.45, 2.75) is 19.4 Å². The van der Waals surface area contributed by atoms with Crippen molar-refractivity contribution in [2.75, 3.05) is 18.9 Å². The van der Waals surface area contributed by atoms with Crippen LogP contribution in [0.3, 0.4) is 0 Å². The first kappa shape index (κ1) is 9.27. The maximum atomic E-state index is 5.68. The standard InChI is InChI=1S/C10H14N2O2/c1-7-4-8(11)5-10(12-7)14-9-2-3-13-6-9/h4-5,9H,2-3,6H2,1H3,(H2,11,12). The van der Waals surface area contributed by atoms with Crippen LogP contribution in [0.15, 0.2) is 12.1 Å². The first-order chi connectivity index (χ1) is 6.74.